The van der Waals surface area contributed by atoms with Gasteiger partial charge < -0.3 is 10.2 Å². The van der Waals surface area contributed by atoms with Crippen LogP contribution in [-0.2, 0) is 0 Å². The summed E-state index contributed by atoms with van der Waals surface area (Å²) < 4.78 is 0. The number of fused-ring (bicyclic) bond motifs is 5. The summed E-state index contributed by atoms with van der Waals surface area (Å²) in [4.78, 5) is 0. The first-order valence-electron chi connectivity index (χ1n) is 15.7. The van der Waals surface area contributed by atoms with Crippen molar-refractivity contribution in [2.45, 2.75) is 124 Å². The summed E-state index contributed by atoms with van der Waals surface area (Å²) in [5, 5.41) is 21.1. The lowest BCUT2D eigenvalue weighted by Gasteiger charge is -2.54. The van der Waals surface area contributed by atoms with Gasteiger partial charge in [-0.3, -0.25) is 0 Å². The van der Waals surface area contributed by atoms with Gasteiger partial charge in [0.2, 0.25) is 0 Å². The van der Waals surface area contributed by atoms with Gasteiger partial charge in [-0.25, -0.2) is 0 Å². The zero-order chi connectivity index (χ0) is 25.9. The maximum absolute atomic E-state index is 10.9. The Morgan fingerprint density at radius 2 is 1.58 bits per heavy atom. The third-order valence-electron chi connectivity index (χ3n) is 11.0. The van der Waals surface area contributed by atoms with E-state index in [2.05, 4.69) is 46.8 Å². The zero-order valence-electron chi connectivity index (χ0n) is 24.1. The molecule has 0 amide bonds. The van der Waals surface area contributed by atoms with E-state index in [0.29, 0.717) is 35.3 Å². The lowest BCUT2D eigenvalue weighted by Crippen LogP contribution is -2.49. The molecule has 9 atom stereocenters. The van der Waals surface area contributed by atoms with Crippen LogP contribution in [0.25, 0.3) is 0 Å². The van der Waals surface area contributed by atoms with Crippen molar-refractivity contribution in [1.82, 2.24) is 0 Å². The van der Waals surface area contributed by atoms with Crippen LogP contribution in [0, 0.1) is 52.8 Å². The van der Waals surface area contributed by atoms with Crippen LogP contribution >= 0.6 is 0 Å². The number of hydrogen-bond acceptors (Lipinski definition) is 2. The molecule has 0 aromatic carbocycles. The second kappa shape index (κ2) is 12.2. The van der Waals surface area contributed by atoms with Crippen molar-refractivity contribution in [2.24, 2.45) is 52.8 Å². The molecule has 2 fully saturated rings. The summed E-state index contributed by atoms with van der Waals surface area (Å²) >= 11 is 0. The predicted molar refractivity (Wildman–Crippen MR) is 153 cm³/mol. The first kappa shape index (κ1) is 28.0. The largest absolute Gasteiger partial charge is 0.508 e. The highest BCUT2D eigenvalue weighted by Gasteiger charge is 2.57. The predicted octanol–water partition coefficient (Wildman–Crippen LogP) is 9.41. The van der Waals surface area contributed by atoms with Crippen LogP contribution in [0.1, 0.15) is 118 Å². The molecule has 4 aliphatic carbocycles. The molecule has 0 heterocycles. The van der Waals surface area contributed by atoms with Crippen molar-refractivity contribution in [3.8, 4) is 0 Å². The summed E-state index contributed by atoms with van der Waals surface area (Å²) in [5.74, 6) is 6.03. The summed E-state index contributed by atoms with van der Waals surface area (Å²) in [6, 6.07) is 0. The highest BCUT2D eigenvalue weighted by molar-refractivity contribution is 5.39. The van der Waals surface area contributed by atoms with Crippen molar-refractivity contribution in [1.29, 1.82) is 0 Å². The lowest BCUT2D eigenvalue weighted by molar-refractivity contribution is -0.0563. The summed E-state index contributed by atoms with van der Waals surface area (Å²) in [6.07, 6.45) is 25.5. The zero-order valence-corrected chi connectivity index (χ0v) is 24.1. The van der Waals surface area contributed by atoms with E-state index < -0.39 is 0 Å². The molecule has 0 aromatic heterocycles. The van der Waals surface area contributed by atoms with Gasteiger partial charge in [0.05, 0.1) is 6.10 Å². The van der Waals surface area contributed by atoms with E-state index in [4.69, 9.17) is 0 Å². The normalized spacial score (nSPS) is 37.1. The van der Waals surface area contributed by atoms with Gasteiger partial charge in [0.15, 0.2) is 0 Å². The van der Waals surface area contributed by atoms with Crippen LogP contribution in [0.3, 0.4) is 0 Å². The van der Waals surface area contributed by atoms with E-state index in [1.54, 1.807) is 0 Å². The van der Waals surface area contributed by atoms with Gasteiger partial charge in [-0.1, -0.05) is 98.1 Å². The first-order chi connectivity index (χ1) is 17.2. The smallest absolute Gasteiger partial charge is 0.115 e. The fourth-order valence-electron chi connectivity index (χ4n) is 8.72. The highest BCUT2D eigenvalue weighted by Crippen LogP contribution is 2.62. The monoisotopic (exact) mass is 496 g/mol. The molecule has 36 heavy (non-hydrogen) atoms. The average Bonchev–Trinajstić information content (AvgIpc) is 3.12. The molecule has 4 aliphatic rings. The second-order valence-electron chi connectivity index (χ2n) is 14.2. The maximum Gasteiger partial charge on any atom is 0.115 e. The Morgan fingerprint density at radius 1 is 0.917 bits per heavy atom. The molecule has 4 rings (SSSR count). The molecule has 0 aromatic rings. The van der Waals surface area contributed by atoms with E-state index in [1.807, 2.05) is 12.2 Å². The summed E-state index contributed by atoms with van der Waals surface area (Å²) in [5.41, 5.74) is 1.48. The van der Waals surface area contributed by atoms with Crippen LogP contribution in [0.4, 0.5) is 0 Å². The number of allylic oxidation sites excluding steroid dienone is 5. The summed E-state index contributed by atoms with van der Waals surface area (Å²) in [7, 11) is 0. The average molecular weight is 497 g/mol. The molecule has 2 heteroatoms. The fourth-order valence-corrected chi connectivity index (χ4v) is 8.72. The Labute approximate surface area is 222 Å². The highest BCUT2D eigenvalue weighted by atomic mass is 16.3. The third kappa shape index (κ3) is 6.33. The van der Waals surface area contributed by atoms with Crippen molar-refractivity contribution < 1.29 is 10.2 Å². The minimum atomic E-state index is -0.117. The van der Waals surface area contributed by atoms with Crippen molar-refractivity contribution in [2.75, 3.05) is 0 Å². The molecule has 2 nitrogen and oxygen atoms in total. The van der Waals surface area contributed by atoms with Crippen LogP contribution in [0.15, 0.2) is 35.6 Å². The minimum Gasteiger partial charge on any atom is -0.508 e. The molecule has 2 N–H and O–H groups in total. The van der Waals surface area contributed by atoms with Gasteiger partial charge >= 0.3 is 0 Å². The van der Waals surface area contributed by atoms with E-state index >= 15 is 0 Å². The number of aliphatic hydroxyl groups excluding tert-OH is 2. The van der Waals surface area contributed by atoms with Crippen LogP contribution in [0.2, 0.25) is 0 Å². The van der Waals surface area contributed by atoms with Crippen LogP contribution in [-0.4, -0.2) is 16.3 Å². The van der Waals surface area contributed by atoms with Gasteiger partial charge in [0, 0.05) is 5.92 Å². The quantitative estimate of drug-likeness (QED) is 0.282. The Kier molecular flexibility index (Phi) is 9.51. The van der Waals surface area contributed by atoms with Crippen molar-refractivity contribution in [3.63, 3.8) is 0 Å². The van der Waals surface area contributed by atoms with E-state index in [-0.39, 0.29) is 11.5 Å². The Hall–Kier alpha value is -1.02. The second-order valence-corrected chi connectivity index (χ2v) is 14.2. The van der Waals surface area contributed by atoms with Crippen molar-refractivity contribution in [3.05, 3.63) is 35.6 Å². The molecule has 0 saturated heterocycles. The first-order valence-corrected chi connectivity index (χ1v) is 15.7. The van der Waals surface area contributed by atoms with Gasteiger partial charge in [0.1, 0.15) is 5.76 Å². The molecule has 204 valence electrons. The molecule has 0 radical (unpaired) electrons. The molecule has 0 spiro atoms. The van der Waals surface area contributed by atoms with Crippen molar-refractivity contribution >= 4 is 0 Å². The van der Waals surface area contributed by atoms with Crippen LogP contribution in [0.5, 0.6) is 0 Å². The van der Waals surface area contributed by atoms with Gasteiger partial charge in [-0.15, -0.1) is 0 Å². The van der Waals surface area contributed by atoms with Crippen LogP contribution < -0.4 is 0 Å². The Bertz CT molecular complexity index is 806. The van der Waals surface area contributed by atoms with Gasteiger partial charge in [-0.2, -0.15) is 0 Å². The Morgan fingerprint density at radius 3 is 2.28 bits per heavy atom. The Balaban J connectivity index is 1.31. The molecule has 0 aliphatic heterocycles. The standard InChI is InChI=1S/C34H56O2/c1-23(2)9-6-10-24(3)11-7-12-25(4)13-8-14-26-21-27-22-28(35)15-16-29(27)30-19-20-34(5)31(33(26)30)17-18-32(34)36/h15-16,21-26,29-33,35-36H,6-14,17-20H2,1-5H3/t24-,25-,26-,29+,30-,31+,32+,33-,34+/m1/s1. The minimum absolute atomic E-state index is 0.111. The molecule has 0 bridgehead atoms. The molecular weight excluding hydrogens is 440 g/mol. The SMILES string of the molecule is CC(C)CCC[C@@H](C)CCC[C@@H](C)CCC[C@@H]1C=C2C=C(O)C=C[C@@H]2[C@H]2CC[C@]3(C)[C@@H](O)CC[C@H]3[C@@H]21. The van der Waals surface area contributed by atoms with Gasteiger partial charge in [-0.05, 0) is 96.7 Å². The number of aliphatic hydroxyl groups is 2. The summed E-state index contributed by atoms with van der Waals surface area (Å²) in [6.45, 7) is 12.0. The van der Waals surface area contributed by atoms with E-state index in [9.17, 15) is 10.2 Å². The topological polar surface area (TPSA) is 40.5 Å². The van der Waals surface area contributed by atoms with E-state index in [1.165, 1.54) is 76.2 Å². The lowest BCUT2D eigenvalue weighted by atomic mass is 9.51. The number of hydrogen-bond donors (Lipinski definition) is 2. The third-order valence-corrected chi connectivity index (χ3v) is 11.0. The molecule has 2 saturated carbocycles. The molecule has 0 unspecified atom stereocenters. The van der Waals surface area contributed by atoms with Gasteiger partial charge in [0.25, 0.3) is 0 Å². The maximum atomic E-state index is 10.9. The number of rotatable bonds is 12. The van der Waals surface area contributed by atoms with E-state index in [0.717, 1.165) is 30.6 Å². The fraction of sp³-hybridized carbons (Fsp3) is 0.824. The molecular formula is C34H56O2.